The van der Waals surface area contributed by atoms with Crippen LogP contribution < -0.4 is 0 Å². The molecule has 1 unspecified atom stereocenters. The topological polar surface area (TPSA) is 69.6 Å². The monoisotopic (exact) mass is 224 g/mol. The minimum absolute atomic E-state index is 0.306. The number of aliphatic hydroxyl groups excluding tert-OH is 1. The number of aliphatic hydroxyl groups is 1. The van der Waals surface area contributed by atoms with Gasteiger partial charge in [-0.1, -0.05) is 0 Å². The number of nitrogens with zero attached hydrogens (tertiary/aromatic N) is 2. The Morgan fingerprint density at radius 2 is 2.38 bits per heavy atom. The zero-order valence-electron chi connectivity index (χ0n) is 9.51. The number of ether oxygens (including phenoxy) is 1. The summed E-state index contributed by atoms with van der Waals surface area (Å²) in [5.74, 6) is 1.02. The molecular formula is C11H16N2O3. The van der Waals surface area contributed by atoms with Crippen molar-refractivity contribution in [2.24, 2.45) is 0 Å². The zero-order chi connectivity index (χ0) is 12.0. The number of nitriles is 1. The van der Waals surface area contributed by atoms with Gasteiger partial charge in [-0.3, -0.25) is 4.90 Å². The molecule has 1 N–H and O–H groups in total. The number of hydrogen-bond donors (Lipinski definition) is 1. The third kappa shape index (κ3) is 4.03. The summed E-state index contributed by atoms with van der Waals surface area (Å²) in [6, 6.07) is 5.32. The van der Waals surface area contributed by atoms with Gasteiger partial charge in [-0.2, -0.15) is 5.26 Å². The average Bonchev–Trinajstić information content (AvgIpc) is 2.65. The molecule has 1 atom stereocenters. The zero-order valence-corrected chi connectivity index (χ0v) is 9.51. The fourth-order valence-electron chi connectivity index (χ4n) is 1.46. The van der Waals surface area contributed by atoms with Gasteiger partial charge in [-0.25, -0.2) is 0 Å². The molecule has 0 aliphatic rings. The normalized spacial score (nSPS) is 12.7. The van der Waals surface area contributed by atoms with Gasteiger partial charge in [0.15, 0.2) is 0 Å². The van der Waals surface area contributed by atoms with Crippen molar-refractivity contribution in [1.29, 1.82) is 5.26 Å². The maximum Gasteiger partial charge on any atom is 0.203 e. The van der Waals surface area contributed by atoms with Crippen LogP contribution in [0.4, 0.5) is 0 Å². The van der Waals surface area contributed by atoms with E-state index in [-0.39, 0.29) is 0 Å². The van der Waals surface area contributed by atoms with Crippen molar-refractivity contribution in [3.05, 3.63) is 23.7 Å². The average molecular weight is 224 g/mol. The van der Waals surface area contributed by atoms with Crippen LogP contribution in [0.1, 0.15) is 11.5 Å². The Kier molecular flexibility index (Phi) is 4.99. The van der Waals surface area contributed by atoms with Crippen molar-refractivity contribution in [3.63, 3.8) is 0 Å². The standard InChI is InChI=1S/C11H16N2O3/c1-13(6-9(14)8-15-2)7-11-4-3-10(5-12)16-11/h3-4,9,14H,6-8H2,1-2H3. The van der Waals surface area contributed by atoms with Crippen molar-refractivity contribution < 1.29 is 14.3 Å². The third-order valence-electron chi connectivity index (χ3n) is 2.08. The maximum atomic E-state index is 9.50. The summed E-state index contributed by atoms with van der Waals surface area (Å²) in [5.41, 5.74) is 0. The lowest BCUT2D eigenvalue weighted by Crippen LogP contribution is -2.31. The van der Waals surface area contributed by atoms with Crippen molar-refractivity contribution in [2.45, 2.75) is 12.6 Å². The Balaban J connectivity index is 2.39. The summed E-state index contributed by atoms with van der Waals surface area (Å²) in [6.45, 7) is 1.37. The lowest BCUT2D eigenvalue weighted by Gasteiger charge is -2.18. The van der Waals surface area contributed by atoms with Gasteiger partial charge in [0.1, 0.15) is 11.8 Å². The summed E-state index contributed by atoms with van der Waals surface area (Å²) in [7, 11) is 3.42. The van der Waals surface area contributed by atoms with E-state index in [4.69, 9.17) is 14.4 Å². The van der Waals surface area contributed by atoms with Crippen molar-refractivity contribution in [2.75, 3.05) is 27.3 Å². The molecule has 0 bridgehead atoms. The van der Waals surface area contributed by atoms with Crippen molar-refractivity contribution in [3.8, 4) is 6.07 Å². The highest BCUT2D eigenvalue weighted by molar-refractivity contribution is 5.18. The van der Waals surface area contributed by atoms with Gasteiger partial charge < -0.3 is 14.3 Å². The number of rotatable bonds is 6. The second-order valence-corrected chi connectivity index (χ2v) is 3.68. The summed E-state index contributed by atoms with van der Waals surface area (Å²) in [5, 5.41) is 18.1. The van der Waals surface area contributed by atoms with Gasteiger partial charge in [0, 0.05) is 13.7 Å². The molecule has 0 fully saturated rings. The molecule has 88 valence electrons. The molecule has 0 radical (unpaired) electrons. The van der Waals surface area contributed by atoms with Gasteiger partial charge in [0.05, 0.1) is 19.3 Å². The van der Waals surface area contributed by atoms with E-state index in [1.807, 2.05) is 18.0 Å². The molecule has 1 aromatic rings. The van der Waals surface area contributed by atoms with Crippen LogP contribution in [0.25, 0.3) is 0 Å². The molecule has 5 heteroatoms. The highest BCUT2D eigenvalue weighted by Gasteiger charge is 2.10. The fourth-order valence-corrected chi connectivity index (χ4v) is 1.46. The molecular weight excluding hydrogens is 208 g/mol. The van der Waals surface area contributed by atoms with E-state index >= 15 is 0 Å². The van der Waals surface area contributed by atoms with Gasteiger partial charge in [-0.15, -0.1) is 0 Å². The van der Waals surface area contributed by atoms with E-state index in [9.17, 15) is 5.11 Å². The Hall–Kier alpha value is -1.35. The molecule has 0 aliphatic carbocycles. The van der Waals surface area contributed by atoms with Crippen LogP contribution in [-0.2, 0) is 11.3 Å². The van der Waals surface area contributed by atoms with E-state index < -0.39 is 6.10 Å². The van der Waals surface area contributed by atoms with Crippen LogP contribution in [-0.4, -0.2) is 43.4 Å². The minimum Gasteiger partial charge on any atom is -0.449 e. The molecule has 1 heterocycles. The summed E-state index contributed by atoms with van der Waals surface area (Å²) < 4.78 is 10.1. The molecule has 1 aromatic heterocycles. The number of furan rings is 1. The first-order chi connectivity index (χ1) is 7.65. The lowest BCUT2D eigenvalue weighted by molar-refractivity contribution is 0.0407. The van der Waals surface area contributed by atoms with Gasteiger partial charge >= 0.3 is 0 Å². The predicted molar refractivity (Wildman–Crippen MR) is 57.6 cm³/mol. The third-order valence-corrected chi connectivity index (χ3v) is 2.08. The van der Waals surface area contributed by atoms with Crippen LogP contribution in [0.15, 0.2) is 16.5 Å². The number of hydrogen-bond acceptors (Lipinski definition) is 5. The van der Waals surface area contributed by atoms with Crippen molar-refractivity contribution >= 4 is 0 Å². The first-order valence-electron chi connectivity index (χ1n) is 5.00. The van der Waals surface area contributed by atoms with Crippen LogP contribution >= 0.6 is 0 Å². The Labute approximate surface area is 94.8 Å². The predicted octanol–water partition coefficient (Wildman–Crippen LogP) is 0.590. The smallest absolute Gasteiger partial charge is 0.203 e. The maximum absolute atomic E-state index is 9.50. The molecule has 16 heavy (non-hydrogen) atoms. The Bertz CT molecular complexity index is 356. The van der Waals surface area contributed by atoms with Crippen LogP contribution in [0.5, 0.6) is 0 Å². The SMILES string of the molecule is COCC(O)CN(C)Cc1ccc(C#N)o1. The second-order valence-electron chi connectivity index (χ2n) is 3.68. The lowest BCUT2D eigenvalue weighted by atomic mass is 10.3. The van der Waals surface area contributed by atoms with E-state index in [1.54, 1.807) is 19.2 Å². The van der Waals surface area contributed by atoms with Crippen molar-refractivity contribution in [1.82, 2.24) is 4.90 Å². The first-order valence-corrected chi connectivity index (χ1v) is 5.00. The summed E-state index contributed by atoms with van der Waals surface area (Å²) in [6.07, 6.45) is -0.514. The molecule has 0 saturated carbocycles. The summed E-state index contributed by atoms with van der Waals surface area (Å²) in [4.78, 5) is 1.91. The molecule has 0 spiro atoms. The van der Waals surface area contributed by atoms with Gasteiger partial charge in [0.2, 0.25) is 5.76 Å². The van der Waals surface area contributed by atoms with E-state index in [0.717, 1.165) is 0 Å². The van der Waals surface area contributed by atoms with E-state index in [1.165, 1.54) is 0 Å². The second kappa shape index (κ2) is 6.28. The molecule has 0 aromatic carbocycles. The van der Waals surface area contributed by atoms with E-state index in [2.05, 4.69) is 0 Å². The number of methoxy groups -OCH3 is 1. The van der Waals surface area contributed by atoms with Crippen LogP contribution in [0.3, 0.4) is 0 Å². The largest absolute Gasteiger partial charge is 0.449 e. The highest BCUT2D eigenvalue weighted by atomic mass is 16.5. The Morgan fingerprint density at radius 3 is 2.94 bits per heavy atom. The first kappa shape index (κ1) is 12.7. The minimum atomic E-state index is -0.514. The van der Waals surface area contributed by atoms with Gasteiger partial charge in [0.25, 0.3) is 0 Å². The van der Waals surface area contributed by atoms with E-state index in [0.29, 0.717) is 31.2 Å². The quantitative estimate of drug-likeness (QED) is 0.765. The molecule has 1 rings (SSSR count). The van der Waals surface area contributed by atoms with Gasteiger partial charge in [-0.05, 0) is 19.2 Å². The molecule has 0 aliphatic heterocycles. The number of likely N-dealkylation sites (N-methyl/N-ethyl adjacent to an activating group) is 1. The van der Waals surface area contributed by atoms with Crippen LogP contribution in [0, 0.1) is 11.3 Å². The molecule has 5 nitrogen and oxygen atoms in total. The fraction of sp³-hybridized carbons (Fsp3) is 0.545. The highest BCUT2D eigenvalue weighted by Crippen LogP contribution is 2.08. The van der Waals surface area contributed by atoms with Crippen LogP contribution in [0.2, 0.25) is 0 Å². The molecule has 0 amide bonds. The Morgan fingerprint density at radius 1 is 1.62 bits per heavy atom. The summed E-state index contributed by atoms with van der Waals surface area (Å²) >= 11 is 0. The molecule has 0 saturated heterocycles.